The zero-order valence-corrected chi connectivity index (χ0v) is 18.8. The van der Waals surface area contributed by atoms with Crippen LogP contribution >= 0.6 is 11.6 Å². The number of halogens is 1. The molecule has 4 fully saturated rings. The van der Waals surface area contributed by atoms with Gasteiger partial charge in [-0.1, -0.05) is 13.8 Å². The number of carbonyl (C=O) groups excluding carboxylic acids is 2. The van der Waals surface area contributed by atoms with Crippen molar-refractivity contribution in [1.29, 1.82) is 0 Å². The van der Waals surface area contributed by atoms with Gasteiger partial charge in [0.25, 0.3) is 0 Å². The molecule has 164 valence electrons. The van der Waals surface area contributed by atoms with E-state index in [2.05, 4.69) is 13.8 Å². The molecule has 5 nitrogen and oxygen atoms in total. The maximum Gasteiger partial charge on any atom is 0.302 e. The number of hydrogen-bond donors (Lipinski definition) is 1. The van der Waals surface area contributed by atoms with Crippen LogP contribution in [0.3, 0.4) is 0 Å². The van der Waals surface area contributed by atoms with Crippen molar-refractivity contribution in [3.63, 3.8) is 0 Å². The fourth-order valence-electron chi connectivity index (χ4n) is 7.91. The van der Waals surface area contributed by atoms with Gasteiger partial charge in [0.1, 0.15) is 18.3 Å². The summed E-state index contributed by atoms with van der Waals surface area (Å²) in [6.07, 6.45) is 6.03. The molecule has 9 atom stereocenters. The van der Waals surface area contributed by atoms with Crippen molar-refractivity contribution in [3.8, 4) is 0 Å². The minimum Gasteiger partial charge on any atom is -0.462 e. The van der Waals surface area contributed by atoms with Crippen LogP contribution in [0.25, 0.3) is 0 Å². The largest absolute Gasteiger partial charge is 0.462 e. The molecule has 1 N–H and O–H groups in total. The Morgan fingerprint density at radius 1 is 0.897 bits per heavy atom. The summed E-state index contributed by atoms with van der Waals surface area (Å²) in [4.78, 5) is 22.3. The zero-order chi connectivity index (χ0) is 21.2. The molecule has 0 heterocycles. The quantitative estimate of drug-likeness (QED) is 0.528. The first kappa shape index (κ1) is 21.4. The highest BCUT2D eigenvalue weighted by atomic mass is 35.5. The third-order valence-electron chi connectivity index (χ3n) is 9.35. The van der Waals surface area contributed by atoms with E-state index in [1.807, 2.05) is 0 Å². The monoisotopic (exact) mass is 426 g/mol. The van der Waals surface area contributed by atoms with Crippen LogP contribution in [0.5, 0.6) is 0 Å². The summed E-state index contributed by atoms with van der Waals surface area (Å²) in [6.45, 7) is 7.46. The van der Waals surface area contributed by atoms with E-state index in [-0.39, 0.29) is 28.9 Å². The minimum absolute atomic E-state index is 0.0201. The lowest BCUT2D eigenvalue weighted by molar-refractivity contribution is -0.185. The van der Waals surface area contributed by atoms with Gasteiger partial charge < -0.3 is 14.6 Å². The molecular formula is C23H35ClO5. The molecule has 0 aromatic heterocycles. The predicted octanol–water partition coefficient (Wildman–Crippen LogP) is 4.22. The number of ether oxygens (including phenoxy) is 2. The van der Waals surface area contributed by atoms with Crippen LogP contribution in [-0.2, 0) is 19.1 Å². The highest BCUT2D eigenvalue weighted by Crippen LogP contribution is 2.69. The van der Waals surface area contributed by atoms with E-state index in [9.17, 15) is 14.7 Å². The molecule has 0 saturated heterocycles. The van der Waals surface area contributed by atoms with Crippen LogP contribution in [-0.4, -0.2) is 40.2 Å². The first-order valence-electron chi connectivity index (χ1n) is 11.2. The smallest absolute Gasteiger partial charge is 0.302 e. The van der Waals surface area contributed by atoms with Gasteiger partial charge in [0.05, 0.1) is 4.87 Å². The van der Waals surface area contributed by atoms with Gasteiger partial charge in [0.15, 0.2) is 0 Å². The van der Waals surface area contributed by atoms with Crippen LogP contribution in [0.15, 0.2) is 0 Å². The van der Waals surface area contributed by atoms with Crippen molar-refractivity contribution >= 4 is 23.5 Å². The minimum atomic E-state index is -0.835. The van der Waals surface area contributed by atoms with E-state index < -0.39 is 17.1 Å². The molecule has 4 aliphatic carbocycles. The fourth-order valence-corrected chi connectivity index (χ4v) is 8.39. The number of fused-ring (bicyclic) bond motifs is 5. The van der Waals surface area contributed by atoms with Gasteiger partial charge in [0, 0.05) is 19.3 Å². The summed E-state index contributed by atoms with van der Waals surface area (Å²) in [5.41, 5.74) is -0.141. The maximum atomic E-state index is 11.6. The SMILES string of the molecule is CC(=O)O[C@H]1CC[C@]2(C)[C@H]3CC[C@]4(C)[C@@H](OC(C)=O)CC[C@H]4[C@@H]3CC[C@@]2(Cl)[C@H]1O. The summed E-state index contributed by atoms with van der Waals surface area (Å²) in [5.74, 6) is 0.982. The Balaban J connectivity index is 1.59. The van der Waals surface area contributed by atoms with Gasteiger partial charge in [0.2, 0.25) is 0 Å². The van der Waals surface area contributed by atoms with E-state index in [4.69, 9.17) is 21.1 Å². The summed E-state index contributed by atoms with van der Waals surface area (Å²) >= 11 is 7.23. The van der Waals surface area contributed by atoms with Crippen LogP contribution in [0.1, 0.15) is 79.1 Å². The summed E-state index contributed by atoms with van der Waals surface area (Å²) < 4.78 is 11.1. The molecule has 6 heteroatoms. The second-order valence-electron chi connectivity index (χ2n) is 10.5. The lowest BCUT2D eigenvalue weighted by Crippen LogP contribution is -2.67. The predicted molar refractivity (Wildman–Crippen MR) is 109 cm³/mol. The second kappa shape index (κ2) is 7.12. The van der Waals surface area contributed by atoms with Gasteiger partial charge in [-0.25, -0.2) is 0 Å². The Morgan fingerprint density at radius 3 is 2.24 bits per heavy atom. The Morgan fingerprint density at radius 2 is 1.59 bits per heavy atom. The fraction of sp³-hybridized carbons (Fsp3) is 0.913. The van der Waals surface area contributed by atoms with E-state index >= 15 is 0 Å². The molecular weight excluding hydrogens is 392 g/mol. The number of aliphatic hydroxyl groups excluding tert-OH is 1. The Hall–Kier alpha value is -0.810. The lowest BCUT2D eigenvalue weighted by atomic mass is 9.44. The number of hydrogen-bond acceptors (Lipinski definition) is 5. The van der Waals surface area contributed by atoms with Crippen LogP contribution in [0.2, 0.25) is 0 Å². The number of carbonyl (C=O) groups is 2. The molecule has 0 bridgehead atoms. The van der Waals surface area contributed by atoms with Crippen LogP contribution in [0.4, 0.5) is 0 Å². The van der Waals surface area contributed by atoms with Crippen LogP contribution in [0, 0.1) is 28.6 Å². The highest BCUT2D eigenvalue weighted by Gasteiger charge is 2.67. The Kier molecular flexibility index (Phi) is 5.26. The van der Waals surface area contributed by atoms with Gasteiger partial charge in [-0.05, 0) is 74.5 Å². The third-order valence-corrected chi connectivity index (χ3v) is 10.2. The molecule has 0 radical (unpaired) electrons. The maximum absolute atomic E-state index is 11.6. The number of rotatable bonds is 2. The van der Waals surface area contributed by atoms with Crippen molar-refractivity contribution in [2.24, 2.45) is 28.6 Å². The lowest BCUT2D eigenvalue weighted by Gasteiger charge is -2.64. The number of aliphatic hydroxyl groups is 1. The average molecular weight is 427 g/mol. The van der Waals surface area contributed by atoms with E-state index in [1.54, 1.807) is 0 Å². The topological polar surface area (TPSA) is 72.8 Å². The van der Waals surface area contributed by atoms with Gasteiger partial charge >= 0.3 is 11.9 Å². The number of esters is 2. The third kappa shape index (κ3) is 3.05. The standard InChI is InChI=1S/C23H35ClO5/c1-13(25)28-18-9-11-22(4)17-8-10-21(3)16(5-6-19(21)29-14(2)26)15(17)7-12-23(22,24)20(18)27/h15-20,27H,5-12H2,1-4H3/t15-,16-,17-,18-,19-,20-,21-,22+,23+/m0/s1. The van der Waals surface area contributed by atoms with E-state index in [1.165, 1.54) is 13.8 Å². The molecule has 0 amide bonds. The molecule has 0 aliphatic heterocycles. The van der Waals surface area contributed by atoms with E-state index in [0.29, 0.717) is 24.2 Å². The molecule has 0 spiro atoms. The molecule has 0 aromatic rings. The molecule has 4 aliphatic rings. The first-order valence-corrected chi connectivity index (χ1v) is 11.6. The first-order chi connectivity index (χ1) is 13.5. The highest BCUT2D eigenvalue weighted by molar-refractivity contribution is 6.25. The van der Waals surface area contributed by atoms with Crippen molar-refractivity contribution < 1.29 is 24.2 Å². The summed E-state index contributed by atoms with van der Waals surface area (Å²) in [5, 5.41) is 11.1. The molecule has 0 unspecified atom stereocenters. The molecule has 4 saturated carbocycles. The summed E-state index contributed by atoms with van der Waals surface area (Å²) in [7, 11) is 0. The van der Waals surface area contributed by atoms with E-state index in [0.717, 1.165) is 44.9 Å². The van der Waals surface area contributed by atoms with Gasteiger partial charge in [-0.3, -0.25) is 9.59 Å². The molecule has 4 rings (SSSR count). The Bertz CT molecular complexity index is 697. The Labute approximate surface area is 178 Å². The van der Waals surface area contributed by atoms with Crippen molar-refractivity contribution in [1.82, 2.24) is 0 Å². The van der Waals surface area contributed by atoms with Crippen molar-refractivity contribution in [3.05, 3.63) is 0 Å². The normalized spacial score (nSPS) is 51.4. The average Bonchev–Trinajstić information content (AvgIpc) is 2.96. The zero-order valence-electron chi connectivity index (χ0n) is 18.1. The van der Waals surface area contributed by atoms with Crippen molar-refractivity contribution in [2.75, 3.05) is 0 Å². The molecule has 29 heavy (non-hydrogen) atoms. The summed E-state index contributed by atoms with van der Waals surface area (Å²) in [6, 6.07) is 0. The van der Waals surface area contributed by atoms with Gasteiger partial charge in [-0.15, -0.1) is 11.6 Å². The van der Waals surface area contributed by atoms with Gasteiger partial charge in [-0.2, -0.15) is 0 Å². The van der Waals surface area contributed by atoms with Crippen LogP contribution < -0.4 is 0 Å². The number of alkyl halides is 1. The second-order valence-corrected chi connectivity index (χ2v) is 11.2. The van der Waals surface area contributed by atoms with Crippen molar-refractivity contribution in [2.45, 2.75) is 102 Å². The molecule has 0 aromatic carbocycles.